The molecule has 6 heteroatoms. The molecule has 1 atom stereocenters. The van der Waals surface area contributed by atoms with Crippen LogP contribution in [0.1, 0.15) is 23.1 Å². The lowest BCUT2D eigenvalue weighted by atomic mass is 10.1. The maximum absolute atomic E-state index is 12.4. The van der Waals surface area contributed by atoms with Gasteiger partial charge in [0, 0.05) is 36.4 Å². The number of likely N-dealkylation sites (N-methyl/N-ethyl adjacent to an activating group) is 1. The molecule has 3 rings (SSSR count). The molecular weight excluding hydrogens is 328 g/mol. The minimum Gasteiger partial charge on any atom is -0.370 e. The van der Waals surface area contributed by atoms with Crippen LogP contribution in [0.2, 0.25) is 0 Å². The molecule has 0 aliphatic carbocycles. The van der Waals surface area contributed by atoms with Crippen molar-refractivity contribution in [1.29, 1.82) is 0 Å². The van der Waals surface area contributed by atoms with E-state index in [4.69, 9.17) is 4.52 Å². The predicted octanol–water partition coefficient (Wildman–Crippen LogP) is 3.30. The number of carbonyl (C=O) groups is 1. The monoisotopic (exact) mass is 350 g/mol. The maximum Gasteiger partial charge on any atom is 0.257 e. The molecule has 0 saturated heterocycles. The Morgan fingerprint density at radius 2 is 1.85 bits per heavy atom. The highest BCUT2D eigenvalue weighted by Crippen LogP contribution is 2.18. The molecule has 0 aliphatic rings. The predicted molar refractivity (Wildman–Crippen MR) is 101 cm³/mol. The Kier molecular flexibility index (Phi) is 5.31. The van der Waals surface area contributed by atoms with Crippen LogP contribution in [0.4, 0.5) is 5.69 Å². The Balaban J connectivity index is 1.58. The Labute approximate surface area is 152 Å². The molecule has 1 heterocycles. The van der Waals surface area contributed by atoms with E-state index in [1.807, 2.05) is 25.2 Å². The standard InChI is InChI=1S/C20H22N4O2/c1-14(24(3)18-7-5-4-6-8-18)13-21-19(25)16-9-11-17(12-10-16)20-22-15(2)23-26-20/h4-12,14H,13H2,1-3H3,(H,21,25)/t14-/m1/s1. The SMILES string of the molecule is Cc1noc(-c2ccc(C(=O)NC[C@@H](C)N(C)c3ccccc3)cc2)n1. The second kappa shape index (κ2) is 7.82. The van der Waals surface area contributed by atoms with Crippen molar-refractivity contribution in [3.05, 3.63) is 66.0 Å². The Morgan fingerprint density at radius 1 is 1.15 bits per heavy atom. The van der Waals surface area contributed by atoms with Gasteiger partial charge in [-0.05, 0) is 50.2 Å². The molecule has 0 saturated carbocycles. The lowest BCUT2D eigenvalue weighted by Gasteiger charge is -2.27. The first-order valence-electron chi connectivity index (χ1n) is 8.51. The van der Waals surface area contributed by atoms with Gasteiger partial charge in [0.1, 0.15) is 0 Å². The fraction of sp³-hybridized carbons (Fsp3) is 0.250. The summed E-state index contributed by atoms with van der Waals surface area (Å²) in [5.74, 6) is 0.928. The van der Waals surface area contributed by atoms with Crippen LogP contribution in [-0.2, 0) is 0 Å². The summed E-state index contributed by atoms with van der Waals surface area (Å²) in [4.78, 5) is 18.7. The highest BCUT2D eigenvalue weighted by molar-refractivity contribution is 5.94. The second-order valence-electron chi connectivity index (χ2n) is 6.23. The highest BCUT2D eigenvalue weighted by atomic mass is 16.5. The first-order chi connectivity index (χ1) is 12.5. The summed E-state index contributed by atoms with van der Waals surface area (Å²) in [6.07, 6.45) is 0. The maximum atomic E-state index is 12.4. The minimum atomic E-state index is -0.105. The smallest absolute Gasteiger partial charge is 0.257 e. The van der Waals surface area contributed by atoms with E-state index in [9.17, 15) is 4.79 Å². The zero-order valence-electron chi connectivity index (χ0n) is 15.1. The molecule has 0 fully saturated rings. The van der Waals surface area contributed by atoms with Crippen LogP contribution in [0.15, 0.2) is 59.1 Å². The summed E-state index contributed by atoms with van der Waals surface area (Å²) in [6, 6.07) is 17.4. The summed E-state index contributed by atoms with van der Waals surface area (Å²) < 4.78 is 5.13. The lowest BCUT2D eigenvalue weighted by Crippen LogP contribution is -2.40. The van der Waals surface area contributed by atoms with Gasteiger partial charge < -0.3 is 14.7 Å². The van der Waals surface area contributed by atoms with E-state index in [0.717, 1.165) is 11.3 Å². The van der Waals surface area contributed by atoms with E-state index in [0.29, 0.717) is 23.8 Å². The van der Waals surface area contributed by atoms with E-state index >= 15 is 0 Å². The van der Waals surface area contributed by atoms with Crippen molar-refractivity contribution in [3.63, 3.8) is 0 Å². The molecule has 0 aliphatic heterocycles. The summed E-state index contributed by atoms with van der Waals surface area (Å²) in [5, 5.41) is 6.75. The molecule has 3 aromatic rings. The van der Waals surface area contributed by atoms with E-state index in [1.54, 1.807) is 31.2 Å². The number of nitrogens with zero attached hydrogens (tertiary/aromatic N) is 3. The average molecular weight is 350 g/mol. The molecule has 134 valence electrons. The largest absolute Gasteiger partial charge is 0.370 e. The molecule has 0 radical (unpaired) electrons. The second-order valence-corrected chi connectivity index (χ2v) is 6.23. The molecule has 6 nitrogen and oxygen atoms in total. The van der Waals surface area contributed by atoms with Crippen LogP contribution in [0.5, 0.6) is 0 Å². The fourth-order valence-corrected chi connectivity index (χ4v) is 2.58. The van der Waals surface area contributed by atoms with Crippen LogP contribution in [-0.4, -0.2) is 35.7 Å². The Bertz CT molecular complexity index is 859. The molecule has 2 aromatic carbocycles. The number of rotatable bonds is 6. The summed E-state index contributed by atoms with van der Waals surface area (Å²) in [5.41, 5.74) is 2.51. The third-order valence-electron chi connectivity index (χ3n) is 4.30. The van der Waals surface area contributed by atoms with E-state index in [1.165, 1.54) is 0 Å². The van der Waals surface area contributed by atoms with Gasteiger partial charge in [-0.2, -0.15) is 4.98 Å². The number of carbonyl (C=O) groups excluding carboxylic acids is 1. The van der Waals surface area contributed by atoms with Crippen molar-refractivity contribution in [2.24, 2.45) is 0 Å². The van der Waals surface area contributed by atoms with Gasteiger partial charge in [-0.15, -0.1) is 0 Å². The van der Waals surface area contributed by atoms with Crippen LogP contribution < -0.4 is 10.2 Å². The number of aryl methyl sites for hydroxylation is 1. The van der Waals surface area contributed by atoms with Gasteiger partial charge >= 0.3 is 0 Å². The zero-order chi connectivity index (χ0) is 18.5. The number of hydrogen-bond donors (Lipinski definition) is 1. The number of amides is 1. The summed E-state index contributed by atoms with van der Waals surface area (Å²) in [7, 11) is 2.02. The number of anilines is 1. The van der Waals surface area contributed by atoms with Gasteiger partial charge in [-0.1, -0.05) is 23.4 Å². The van der Waals surface area contributed by atoms with Gasteiger partial charge in [-0.25, -0.2) is 0 Å². The number of nitrogens with one attached hydrogen (secondary N) is 1. The Hall–Kier alpha value is -3.15. The van der Waals surface area contributed by atoms with Gasteiger partial charge in [0.05, 0.1) is 0 Å². The van der Waals surface area contributed by atoms with Gasteiger partial charge in [0.15, 0.2) is 5.82 Å². The lowest BCUT2D eigenvalue weighted by molar-refractivity contribution is 0.0951. The number of hydrogen-bond acceptors (Lipinski definition) is 5. The first-order valence-corrected chi connectivity index (χ1v) is 8.51. The van der Waals surface area contributed by atoms with E-state index < -0.39 is 0 Å². The van der Waals surface area contributed by atoms with Crippen LogP contribution in [0.3, 0.4) is 0 Å². The van der Waals surface area contributed by atoms with Gasteiger partial charge in [0.25, 0.3) is 11.8 Å². The quantitative estimate of drug-likeness (QED) is 0.738. The fourth-order valence-electron chi connectivity index (χ4n) is 2.58. The van der Waals surface area contributed by atoms with Gasteiger partial charge in [0.2, 0.25) is 0 Å². The van der Waals surface area contributed by atoms with Crippen molar-refractivity contribution in [2.45, 2.75) is 19.9 Å². The van der Waals surface area contributed by atoms with Crippen LogP contribution in [0.25, 0.3) is 11.5 Å². The average Bonchev–Trinajstić information content (AvgIpc) is 3.12. The summed E-state index contributed by atoms with van der Waals surface area (Å²) >= 11 is 0. The third kappa shape index (κ3) is 4.08. The Morgan fingerprint density at radius 3 is 2.46 bits per heavy atom. The topological polar surface area (TPSA) is 71.3 Å². The van der Waals surface area contributed by atoms with Crippen molar-refractivity contribution in [2.75, 3.05) is 18.5 Å². The van der Waals surface area contributed by atoms with E-state index in [2.05, 4.69) is 39.4 Å². The van der Waals surface area contributed by atoms with Crippen molar-refractivity contribution in [1.82, 2.24) is 15.5 Å². The molecule has 0 unspecified atom stereocenters. The zero-order valence-corrected chi connectivity index (χ0v) is 15.1. The molecule has 1 aromatic heterocycles. The van der Waals surface area contributed by atoms with Crippen LogP contribution in [0, 0.1) is 6.92 Å². The first kappa shape index (κ1) is 17.7. The number of benzene rings is 2. The van der Waals surface area contributed by atoms with Crippen LogP contribution >= 0.6 is 0 Å². The van der Waals surface area contributed by atoms with E-state index in [-0.39, 0.29) is 11.9 Å². The third-order valence-corrected chi connectivity index (χ3v) is 4.30. The van der Waals surface area contributed by atoms with Crippen molar-refractivity contribution >= 4 is 11.6 Å². The molecule has 1 N–H and O–H groups in total. The minimum absolute atomic E-state index is 0.105. The molecule has 1 amide bonds. The normalized spacial score (nSPS) is 11.8. The highest BCUT2D eigenvalue weighted by Gasteiger charge is 2.13. The number of aromatic nitrogens is 2. The molecule has 0 spiro atoms. The van der Waals surface area contributed by atoms with Crippen molar-refractivity contribution in [3.8, 4) is 11.5 Å². The molecular formula is C20H22N4O2. The van der Waals surface area contributed by atoms with Gasteiger partial charge in [-0.3, -0.25) is 4.79 Å². The summed E-state index contributed by atoms with van der Waals surface area (Å²) in [6.45, 7) is 4.39. The van der Waals surface area contributed by atoms with Crippen molar-refractivity contribution < 1.29 is 9.32 Å². The molecule has 26 heavy (non-hydrogen) atoms. The molecule has 0 bridgehead atoms. The number of para-hydroxylation sites is 1.